The summed E-state index contributed by atoms with van der Waals surface area (Å²) >= 11 is 5.99. The molecule has 0 unspecified atom stereocenters. The van der Waals surface area contributed by atoms with Gasteiger partial charge in [-0.05, 0) is 49.1 Å². The van der Waals surface area contributed by atoms with E-state index in [0.717, 1.165) is 62.7 Å². The first kappa shape index (κ1) is 18.3. The summed E-state index contributed by atoms with van der Waals surface area (Å²) in [4.78, 5) is 17.7. The van der Waals surface area contributed by atoms with Gasteiger partial charge in [0.05, 0.1) is 0 Å². The maximum atomic E-state index is 13.2. The minimum Gasteiger partial charge on any atom is -0.371 e. The Labute approximate surface area is 166 Å². The lowest BCUT2D eigenvalue weighted by Crippen LogP contribution is -2.61. The highest BCUT2D eigenvalue weighted by atomic mass is 35.5. The van der Waals surface area contributed by atoms with Gasteiger partial charge in [-0.3, -0.25) is 9.69 Å². The minimum atomic E-state index is -0.488. The Kier molecular flexibility index (Phi) is 5.37. The van der Waals surface area contributed by atoms with Crippen molar-refractivity contribution in [2.75, 3.05) is 31.5 Å². The van der Waals surface area contributed by atoms with Gasteiger partial charge in [-0.25, -0.2) is 0 Å². The Bertz CT molecular complexity index is 766. The highest BCUT2D eigenvalue weighted by Gasteiger charge is 2.44. The summed E-state index contributed by atoms with van der Waals surface area (Å²) in [5.41, 5.74) is 1.80. The predicted molar refractivity (Wildman–Crippen MR) is 110 cm³/mol. The Morgan fingerprint density at radius 1 is 0.963 bits per heavy atom. The smallest absolute Gasteiger partial charge is 0.248 e. The monoisotopic (exact) mass is 383 g/mol. The summed E-state index contributed by atoms with van der Waals surface area (Å²) in [6.45, 7) is 4.50. The van der Waals surface area contributed by atoms with Crippen LogP contribution in [0.15, 0.2) is 54.6 Å². The normalized spacial score (nSPS) is 19.4. The Hall–Kier alpha value is -2.04. The summed E-state index contributed by atoms with van der Waals surface area (Å²) in [6.07, 6.45) is 2.77. The standard InChI is InChI=1S/C22H26ClN3O/c23-19-9-7-18(8-10-19)17-25-15-11-22(12-16-25,21(27)26-13-4-14-26)24-20-5-2-1-3-6-20/h1-3,5-10,24H,4,11-17H2. The summed E-state index contributed by atoms with van der Waals surface area (Å²) < 4.78 is 0. The molecular formula is C22H26ClN3O. The molecule has 0 atom stereocenters. The molecule has 2 fully saturated rings. The number of rotatable bonds is 5. The van der Waals surface area contributed by atoms with Crippen molar-refractivity contribution in [3.63, 3.8) is 0 Å². The highest BCUT2D eigenvalue weighted by Crippen LogP contribution is 2.31. The van der Waals surface area contributed by atoms with Gasteiger partial charge in [-0.1, -0.05) is 41.9 Å². The molecule has 2 saturated heterocycles. The van der Waals surface area contributed by atoms with Crippen molar-refractivity contribution in [3.05, 3.63) is 65.2 Å². The molecule has 27 heavy (non-hydrogen) atoms. The predicted octanol–water partition coefficient (Wildman–Crippen LogP) is 4.02. The lowest BCUT2D eigenvalue weighted by Gasteiger charge is -2.46. The summed E-state index contributed by atoms with van der Waals surface area (Å²) in [6, 6.07) is 18.2. The summed E-state index contributed by atoms with van der Waals surface area (Å²) in [7, 11) is 0. The zero-order valence-electron chi connectivity index (χ0n) is 15.5. The van der Waals surface area contributed by atoms with Gasteiger partial charge in [0, 0.05) is 43.4 Å². The van der Waals surface area contributed by atoms with Crippen molar-refractivity contribution < 1.29 is 4.79 Å². The van der Waals surface area contributed by atoms with Crippen LogP contribution in [0.25, 0.3) is 0 Å². The van der Waals surface area contributed by atoms with Crippen LogP contribution in [0.5, 0.6) is 0 Å². The molecule has 1 amide bonds. The number of likely N-dealkylation sites (tertiary alicyclic amines) is 2. The number of benzene rings is 2. The van der Waals surface area contributed by atoms with E-state index in [0.29, 0.717) is 0 Å². The number of anilines is 1. The van der Waals surface area contributed by atoms with Gasteiger partial charge in [0.25, 0.3) is 0 Å². The van der Waals surface area contributed by atoms with E-state index < -0.39 is 5.54 Å². The van der Waals surface area contributed by atoms with Gasteiger partial charge < -0.3 is 10.2 Å². The number of nitrogens with one attached hydrogen (secondary N) is 1. The van der Waals surface area contributed by atoms with Gasteiger partial charge in [0.2, 0.25) is 5.91 Å². The van der Waals surface area contributed by atoms with Crippen LogP contribution in [0.2, 0.25) is 5.02 Å². The van der Waals surface area contributed by atoms with Crippen LogP contribution < -0.4 is 5.32 Å². The van der Waals surface area contributed by atoms with Crippen molar-refractivity contribution >= 4 is 23.2 Å². The SMILES string of the molecule is O=C(N1CCC1)C1(Nc2ccccc2)CCN(Cc2ccc(Cl)cc2)CC1. The topological polar surface area (TPSA) is 35.6 Å². The fourth-order valence-corrected chi connectivity index (χ4v) is 4.08. The van der Waals surface area contributed by atoms with Gasteiger partial charge in [-0.15, -0.1) is 0 Å². The Morgan fingerprint density at radius 3 is 2.22 bits per heavy atom. The molecule has 2 aromatic rings. The first-order valence-electron chi connectivity index (χ1n) is 9.74. The average molecular weight is 384 g/mol. The molecule has 0 spiro atoms. The van der Waals surface area contributed by atoms with Crippen molar-refractivity contribution in [2.24, 2.45) is 0 Å². The van der Waals surface area contributed by atoms with E-state index in [2.05, 4.69) is 22.3 Å². The van der Waals surface area contributed by atoms with E-state index in [1.165, 1.54) is 5.56 Å². The van der Waals surface area contributed by atoms with Gasteiger partial charge in [0.1, 0.15) is 5.54 Å². The molecule has 0 bridgehead atoms. The molecule has 5 heteroatoms. The highest BCUT2D eigenvalue weighted by molar-refractivity contribution is 6.30. The molecule has 0 saturated carbocycles. The van der Waals surface area contributed by atoms with Crippen molar-refractivity contribution in [1.29, 1.82) is 0 Å². The fourth-order valence-electron chi connectivity index (χ4n) is 3.95. The zero-order chi connectivity index (χ0) is 18.7. The number of piperidine rings is 1. The zero-order valence-corrected chi connectivity index (χ0v) is 16.3. The first-order valence-corrected chi connectivity index (χ1v) is 10.1. The largest absolute Gasteiger partial charge is 0.371 e. The fraction of sp³-hybridized carbons (Fsp3) is 0.409. The molecule has 0 aromatic heterocycles. The van der Waals surface area contributed by atoms with Crippen LogP contribution in [0.3, 0.4) is 0 Å². The van der Waals surface area contributed by atoms with Crippen LogP contribution >= 0.6 is 11.6 Å². The van der Waals surface area contributed by atoms with Crippen LogP contribution in [-0.2, 0) is 11.3 Å². The number of hydrogen-bond donors (Lipinski definition) is 1. The van der Waals surface area contributed by atoms with Crippen LogP contribution in [0, 0.1) is 0 Å². The van der Waals surface area contributed by atoms with E-state index in [-0.39, 0.29) is 5.91 Å². The van der Waals surface area contributed by atoms with Gasteiger partial charge in [0.15, 0.2) is 0 Å². The first-order chi connectivity index (χ1) is 13.1. The number of carbonyl (C=O) groups is 1. The van der Waals surface area contributed by atoms with E-state index in [1.54, 1.807) is 0 Å². The Balaban J connectivity index is 1.46. The molecular weight excluding hydrogens is 358 g/mol. The number of carbonyl (C=O) groups excluding carboxylic acids is 1. The number of hydrogen-bond acceptors (Lipinski definition) is 3. The number of para-hydroxylation sites is 1. The second kappa shape index (κ2) is 7.91. The molecule has 2 heterocycles. The minimum absolute atomic E-state index is 0.267. The second-order valence-electron chi connectivity index (χ2n) is 7.62. The maximum absolute atomic E-state index is 13.2. The average Bonchev–Trinajstić information content (AvgIpc) is 2.65. The molecule has 0 aliphatic carbocycles. The number of nitrogens with zero attached hydrogens (tertiary/aromatic N) is 2. The second-order valence-corrected chi connectivity index (χ2v) is 8.06. The molecule has 4 nitrogen and oxygen atoms in total. The third-order valence-electron chi connectivity index (χ3n) is 5.74. The van der Waals surface area contributed by atoms with Gasteiger partial charge in [-0.2, -0.15) is 0 Å². The van der Waals surface area contributed by atoms with E-state index in [1.807, 2.05) is 47.4 Å². The molecule has 142 valence electrons. The lowest BCUT2D eigenvalue weighted by molar-refractivity contribution is -0.141. The van der Waals surface area contributed by atoms with Crippen molar-refractivity contribution in [3.8, 4) is 0 Å². The summed E-state index contributed by atoms with van der Waals surface area (Å²) in [5.74, 6) is 0.267. The molecule has 4 rings (SSSR count). The third-order valence-corrected chi connectivity index (χ3v) is 5.99. The quantitative estimate of drug-likeness (QED) is 0.847. The van der Waals surface area contributed by atoms with Gasteiger partial charge >= 0.3 is 0 Å². The van der Waals surface area contributed by atoms with Crippen molar-refractivity contribution in [2.45, 2.75) is 31.3 Å². The maximum Gasteiger partial charge on any atom is 0.248 e. The van der Waals surface area contributed by atoms with Crippen molar-refractivity contribution in [1.82, 2.24) is 9.80 Å². The Morgan fingerprint density at radius 2 is 1.63 bits per heavy atom. The molecule has 2 aliphatic heterocycles. The van der Waals surface area contributed by atoms with E-state index >= 15 is 0 Å². The summed E-state index contributed by atoms with van der Waals surface area (Å²) in [5, 5.41) is 4.37. The lowest BCUT2D eigenvalue weighted by atomic mass is 9.84. The molecule has 1 N–H and O–H groups in total. The third kappa shape index (κ3) is 4.12. The number of halogens is 1. The number of amides is 1. The molecule has 2 aromatic carbocycles. The van der Waals surface area contributed by atoms with Crippen LogP contribution in [0.1, 0.15) is 24.8 Å². The molecule has 0 radical (unpaired) electrons. The molecule has 2 aliphatic rings. The van der Waals surface area contributed by atoms with Crippen LogP contribution in [0.4, 0.5) is 5.69 Å². The van der Waals surface area contributed by atoms with Crippen LogP contribution in [-0.4, -0.2) is 47.4 Å². The van der Waals surface area contributed by atoms with E-state index in [4.69, 9.17) is 11.6 Å². The van der Waals surface area contributed by atoms with E-state index in [9.17, 15) is 4.79 Å².